The second-order valence-corrected chi connectivity index (χ2v) is 6.13. The lowest BCUT2D eigenvalue weighted by Crippen LogP contribution is -2.36. The van der Waals surface area contributed by atoms with Crippen molar-refractivity contribution in [1.82, 2.24) is 0 Å². The number of anilines is 2. The van der Waals surface area contributed by atoms with Crippen LogP contribution in [-0.4, -0.2) is 25.0 Å². The van der Waals surface area contributed by atoms with Gasteiger partial charge in [-0.3, -0.25) is 4.79 Å². The number of nitrogens with zero attached hydrogens (tertiary/aromatic N) is 2. The number of ether oxygens (including phenoxy) is 1. The van der Waals surface area contributed by atoms with Crippen molar-refractivity contribution in [2.24, 2.45) is 4.99 Å². The lowest BCUT2D eigenvalue weighted by atomic mass is 10.2. The molecule has 7 heteroatoms. The summed E-state index contributed by atoms with van der Waals surface area (Å²) in [6.45, 7) is 2.95. The van der Waals surface area contributed by atoms with Crippen LogP contribution in [0.5, 0.6) is 5.75 Å². The Morgan fingerprint density at radius 1 is 1.15 bits per heavy atom. The molecule has 0 aromatic heterocycles. The number of hydrogen-bond donors (Lipinski definition) is 1. The van der Waals surface area contributed by atoms with Gasteiger partial charge in [-0.1, -0.05) is 24.9 Å². The fourth-order valence-corrected chi connectivity index (χ4v) is 2.58. The van der Waals surface area contributed by atoms with Gasteiger partial charge in [0.05, 0.1) is 12.3 Å². The van der Waals surface area contributed by atoms with E-state index in [1.54, 1.807) is 17.0 Å². The largest absolute Gasteiger partial charge is 0.494 e. The minimum Gasteiger partial charge on any atom is -0.494 e. The van der Waals surface area contributed by atoms with Crippen molar-refractivity contribution < 1.29 is 9.53 Å². The molecule has 26 heavy (non-hydrogen) atoms. The molecular formula is C19H21Cl2N3O2. The molecule has 1 aliphatic heterocycles. The van der Waals surface area contributed by atoms with Crippen molar-refractivity contribution in [3.63, 3.8) is 0 Å². The number of aliphatic imine (C=N–C) groups is 1. The van der Waals surface area contributed by atoms with E-state index in [0.29, 0.717) is 17.6 Å². The van der Waals surface area contributed by atoms with Gasteiger partial charge >= 0.3 is 0 Å². The molecule has 0 bridgehead atoms. The van der Waals surface area contributed by atoms with Gasteiger partial charge in [0.15, 0.2) is 0 Å². The zero-order valence-electron chi connectivity index (χ0n) is 14.4. The lowest BCUT2D eigenvalue weighted by molar-refractivity contribution is -0.115. The van der Waals surface area contributed by atoms with E-state index < -0.39 is 0 Å². The maximum Gasteiger partial charge on any atom is 0.255 e. The first-order valence-electron chi connectivity index (χ1n) is 8.30. The smallest absolute Gasteiger partial charge is 0.255 e. The highest BCUT2D eigenvalue weighted by Gasteiger charge is 2.27. The predicted molar refractivity (Wildman–Crippen MR) is 109 cm³/mol. The van der Waals surface area contributed by atoms with E-state index in [-0.39, 0.29) is 24.9 Å². The second-order valence-electron chi connectivity index (χ2n) is 5.70. The molecule has 0 saturated carbocycles. The number of amides is 1. The normalized spacial score (nSPS) is 13.2. The third kappa shape index (κ3) is 4.90. The van der Waals surface area contributed by atoms with Crippen molar-refractivity contribution in [2.45, 2.75) is 19.8 Å². The van der Waals surface area contributed by atoms with E-state index >= 15 is 0 Å². The van der Waals surface area contributed by atoms with Crippen LogP contribution in [0.1, 0.15) is 19.8 Å². The molecular weight excluding hydrogens is 373 g/mol. The van der Waals surface area contributed by atoms with Gasteiger partial charge in [-0.05, 0) is 55.0 Å². The summed E-state index contributed by atoms with van der Waals surface area (Å²) in [4.78, 5) is 18.1. The number of rotatable bonds is 6. The second kappa shape index (κ2) is 9.46. The summed E-state index contributed by atoms with van der Waals surface area (Å²) in [6.07, 6.45) is 2.12. The number of carbonyl (C=O) groups excluding carboxylic acids is 1. The zero-order valence-corrected chi connectivity index (χ0v) is 16.0. The molecule has 0 fully saturated rings. The highest BCUT2D eigenvalue weighted by atomic mass is 35.5. The van der Waals surface area contributed by atoms with Crippen LogP contribution in [0.25, 0.3) is 0 Å². The molecule has 0 unspecified atom stereocenters. The Kier molecular flexibility index (Phi) is 7.30. The first kappa shape index (κ1) is 20.1. The van der Waals surface area contributed by atoms with Crippen LogP contribution in [-0.2, 0) is 4.79 Å². The minimum absolute atomic E-state index is 0. The number of benzene rings is 2. The number of nitrogens with one attached hydrogen (secondary N) is 1. The van der Waals surface area contributed by atoms with Gasteiger partial charge in [-0.2, -0.15) is 0 Å². The summed E-state index contributed by atoms with van der Waals surface area (Å²) in [5.74, 6) is 1.23. The molecule has 1 heterocycles. The molecule has 0 spiro atoms. The molecule has 1 N–H and O–H groups in total. The van der Waals surface area contributed by atoms with Gasteiger partial charge in [0.2, 0.25) is 5.96 Å². The summed E-state index contributed by atoms with van der Waals surface area (Å²) in [7, 11) is 0. The van der Waals surface area contributed by atoms with Gasteiger partial charge in [0, 0.05) is 10.7 Å². The van der Waals surface area contributed by atoms with Gasteiger partial charge in [-0.15, -0.1) is 12.4 Å². The van der Waals surface area contributed by atoms with Crippen LogP contribution in [0.4, 0.5) is 11.4 Å². The molecule has 1 amide bonds. The number of guanidine groups is 1. The Morgan fingerprint density at radius 2 is 1.85 bits per heavy atom. The van der Waals surface area contributed by atoms with Gasteiger partial charge in [0.1, 0.15) is 12.3 Å². The third-order valence-electron chi connectivity index (χ3n) is 3.79. The lowest BCUT2D eigenvalue weighted by Gasteiger charge is -2.20. The Hall–Kier alpha value is -2.24. The molecule has 2 aromatic rings. The van der Waals surface area contributed by atoms with E-state index in [9.17, 15) is 4.79 Å². The quantitative estimate of drug-likeness (QED) is 0.719. The van der Waals surface area contributed by atoms with E-state index in [1.165, 1.54) is 0 Å². The van der Waals surface area contributed by atoms with Crippen molar-refractivity contribution in [3.05, 3.63) is 53.6 Å². The van der Waals surface area contributed by atoms with Crippen LogP contribution in [0.2, 0.25) is 5.02 Å². The summed E-state index contributed by atoms with van der Waals surface area (Å²) in [5.41, 5.74) is 1.58. The summed E-state index contributed by atoms with van der Waals surface area (Å²) in [6, 6.07) is 14.7. The standard InChI is InChI=1S/C19H20ClN3O2.ClH/c1-2-3-12-25-17-10-8-16(9-11-17)23-18(24)13-21-19(23)22-15-6-4-14(20)5-7-15;/h4-11H,2-3,12-13H2,1H3,(H,21,22);1H. The highest BCUT2D eigenvalue weighted by Crippen LogP contribution is 2.23. The molecule has 0 aliphatic carbocycles. The van der Waals surface area contributed by atoms with Crippen LogP contribution in [0.3, 0.4) is 0 Å². The van der Waals surface area contributed by atoms with Gasteiger partial charge in [0.25, 0.3) is 5.91 Å². The van der Waals surface area contributed by atoms with Gasteiger partial charge in [-0.25, -0.2) is 9.89 Å². The average Bonchev–Trinajstić information content (AvgIpc) is 2.98. The van der Waals surface area contributed by atoms with E-state index in [0.717, 1.165) is 30.0 Å². The third-order valence-corrected chi connectivity index (χ3v) is 4.04. The van der Waals surface area contributed by atoms with Crippen LogP contribution in [0, 0.1) is 0 Å². The first-order valence-corrected chi connectivity index (χ1v) is 8.68. The number of unbranched alkanes of at least 4 members (excludes halogenated alkanes) is 1. The number of carbonyl (C=O) groups is 1. The zero-order chi connectivity index (χ0) is 17.6. The Labute approximate surface area is 164 Å². The monoisotopic (exact) mass is 393 g/mol. The summed E-state index contributed by atoms with van der Waals surface area (Å²) < 4.78 is 5.66. The molecule has 138 valence electrons. The molecule has 5 nitrogen and oxygen atoms in total. The molecule has 0 saturated heterocycles. The fraction of sp³-hybridized carbons (Fsp3) is 0.263. The molecule has 1 aliphatic rings. The number of hydrogen-bond acceptors (Lipinski definition) is 4. The summed E-state index contributed by atoms with van der Waals surface area (Å²) >= 11 is 5.90. The molecule has 3 rings (SSSR count). The van der Waals surface area contributed by atoms with Crippen molar-refractivity contribution in [2.75, 3.05) is 23.4 Å². The van der Waals surface area contributed by atoms with Gasteiger partial charge < -0.3 is 10.1 Å². The Bertz CT molecular complexity index is 761. The topological polar surface area (TPSA) is 53.9 Å². The highest BCUT2D eigenvalue weighted by molar-refractivity contribution is 6.30. The van der Waals surface area contributed by atoms with E-state index in [4.69, 9.17) is 16.3 Å². The summed E-state index contributed by atoms with van der Waals surface area (Å²) in [5, 5.41) is 3.83. The number of halogens is 2. The average molecular weight is 394 g/mol. The van der Waals surface area contributed by atoms with Crippen molar-refractivity contribution >= 4 is 47.2 Å². The van der Waals surface area contributed by atoms with E-state index in [1.807, 2.05) is 36.4 Å². The molecule has 0 atom stereocenters. The van der Waals surface area contributed by atoms with Crippen LogP contribution >= 0.6 is 24.0 Å². The van der Waals surface area contributed by atoms with Crippen LogP contribution < -0.4 is 15.0 Å². The minimum atomic E-state index is -0.0730. The molecule has 2 aromatic carbocycles. The van der Waals surface area contributed by atoms with Crippen LogP contribution in [0.15, 0.2) is 53.5 Å². The fourth-order valence-electron chi connectivity index (χ4n) is 2.45. The molecule has 0 radical (unpaired) electrons. The van der Waals surface area contributed by atoms with Crippen molar-refractivity contribution in [1.29, 1.82) is 0 Å². The SMILES string of the molecule is CCCCOc1ccc(N2C(=O)CN=C2Nc2ccc(Cl)cc2)cc1.Cl. The first-order chi connectivity index (χ1) is 12.2. The predicted octanol–water partition coefficient (Wildman–Crippen LogP) is 4.76. The Balaban J connectivity index is 0.00000243. The Morgan fingerprint density at radius 3 is 2.50 bits per heavy atom. The maximum absolute atomic E-state index is 12.2. The van der Waals surface area contributed by atoms with Crippen molar-refractivity contribution in [3.8, 4) is 5.75 Å². The maximum atomic E-state index is 12.2. The van der Waals surface area contributed by atoms with E-state index in [2.05, 4.69) is 17.2 Å².